The number of ether oxygens (including phenoxy) is 1. The van der Waals surface area contributed by atoms with Crippen LogP contribution < -0.4 is 4.90 Å². The lowest BCUT2D eigenvalue weighted by Crippen LogP contribution is -2.37. The third kappa shape index (κ3) is 5.02. The number of carbonyl (C=O) groups excluding carboxylic acids is 1. The molecule has 0 spiro atoms. The van der Waals surface area contributed by atoms with Crippen LogP contribution >= 0.6 is 11.6 Å². The van der Waals surface area contributed by atoms with E-state index in [9.17, 15) is 18.0 Å². The second-order valence-electron chi connectivity index (χ2n) is 7.77. The van der Waals surface area contributed by atoms with Gasteiger partial charge in [-0.05, 0) is 57.5 Å². The first kappa shape index (κ1) is 21.9. The monoisotopic (exact) mass is 440 g/mol. The Bertz CT molecular complexity index is 1050. The van der Waals surface area contributed by atoms with Crippen LogP contribution in [-0.4, -0.2) is 26.6 Å². The summed E-state index contributed by atoms with van der Waals surface area (Å²) >= 11 is 6.13. The molecular weight excluding hydrogens is 421 g/mol. The average Bonchev–Trinajstić information content (AvgIpc) is 2.99. The molecule has 0 unspecified atom stereocenters. The number of amides is 1. The van der Waals surface area contributed by atoms with Crippen molar-refractivity contribution in [3.63, 3.8) is 0 Å². The van der Waals surface area contributed by atoms with Gasteiger partial charge >= 0.3 is 12.3 Å². The van der Waals surface area contributed by atoms with Crippen LogP contribution in [0.3, 0.4) is 0 Å². The number of imidazole rings is 1. The van der Waals surface area contributed by atoms with Crippen molar-refractivity contribution in [3.05, 3.63) is 52.6 Å². The molecule has 0 fully saturated rings. The van der Waals surface area contributed by atoms with E-state index in [0.717, 1.165) is 22.7 Å². The number of aryl methyl sites for hydroxylation is 1. The number of nitrogens with zero attached hydrogens (tertiary/aromatic N) is 3. The summed E-state index contributed by atoms with van der Waals surface area (Å²) < 4.78 is 44.7. The van der Waals surface area contributed by atoms with E-state index in [1.807, 2.05) is 6.92 Å². The second-order valence-corrected chi connectivity index (χ2v) is 8.17. The summed E-state index contributed by atoms with van der Waals surface area (Å²) in [5.74, 6) is 0.364. The van der Waals surface area contributed by atoms with Crippen LogP contribution in [0.4, 0.5) is 23.7 Å². The molecule has 6 nitrogen and oxygen atoms in total. The molecule has 160 valence electrons. The molecule has 1 aromatic carbocycles. The molecule has 0 aliphatic heterocycles. The number of H-pyrrole nitrogens is 1. The predicted octanol–water partition coefficient (Wildman–Crippen LogP) is 5.88. The summed E-state index contributed by atoms with van der Waals surface area (Å²) in [6.07, 6.45) is -4.46. The molecule has 0 saturated carbocycles. The number of benzene rings is 1. The zero-order chi connectivity index (χ0) is 22.3. The molecule has 3 rings (SSSR count). The van der Waals surface area contributed by atoms with Crippen LogP contribution in [0.25, 0.3) is 11.0 Å². The summed E-state index contributed by atoms with van der Waals surface area (Å²) in [4.78, 5) is 24.7. The molecule has 0 saturated heterocycles. The van der Waals surface area contributed by atoms with Crippen molar-refractivity contribution in [1.29, 1.82) is 0 Å². The van der Waals surface area contributed by atoms with Crippen molar-refractivity contribution >= 4 is 34.4 Å². The van der Waals surface area contributed by atoms with E-state index in [1.165, 1.54) is 6.07 Å². The molecule has 30 heavy (non-hydrogen) atoms. The van der Waals surface area contributed by atoms with Gasteiger partial charge in [-0.15, -0.1) is 0 Å². The van der Waals surface area contributed by atoms with Crippen molar-refractivity contribution in [3.8, 4) is 0 Å². The van der Waals surface area contributed by atoms with Crippen LogP contribution in [0, 0.1) is 6.92 Å². The third-order valence-corrected chi connectivity index (χ3v) is 4.49. The molecule has 1 amide bonds. The SMILES string of the molecule is Cc1cc2[nH]c(CN(C(=O)OC(C)(C)C)c3ccnc(C(F)(F)F)c3)nc2cc1Cl. The molecule has 3 aromatic rings. The normalized spacial score (nSPS) is 12.3. The topological polar surface area (TPSA) is 71.1 Å². The number of rotatable bonds is 3. The van der Waals surface area contributed by atoms with E-state index in [0.29, 0.717) is 21.9 Å². The Morgan fingerprint density at radius 3 is 2.57 bits per heavy atom. The first-order valence-corrected chi connectivity index (χ1v) is 9.40. The second kappa shape index (κ2) is 7.79. The molecule has 10 heteroatoms. The highest BCUT2D eigenvalue weighted by atomic mass is 35.5. The van der Waals surface area contributed by atoms with Gasteiger partial charge in [-0.25, -0.2) is 9.78 Å². The number of nitrogens with one attached hydrogen (secondary N) is 1. The number of anilines is 1. The number of hydrogen-bond donors (Lipinski definition) is 1. The summed E-state index contributed by atoms with van der Waals surface area (Å²) in [5, 5.41) is 0.536. The fourth-order valence-corrected chi connectivity index (χ4v) is 2.90. The smallest absolute Gasteiger partial charge is 0.433 e. The van der Waals surface area contributed by atoms with Crippen molar-refractivity contribution in [1.82, 2.24) is 15.0 Å². The lowest BCUT2D eigenvalue weighted by atomic mass is 10.2. The van der Waals surface area contributed by atoms with Gasteiger partial charge in [0.25, 0.3) is 0 Å². The first-order chi connectivity index (χ1) is 13.8. The third-order valence-electron chi connectivity index (χ3n) is 4.08. The van der Waals surface area contributed by atoms with Crippen LogP contribution in [-0.2, 0) is 17.5 Å². The Morgan fingerprint density at radius 1 is 1.23 bits per heavy atom. The van der Waals surface area contributed by atoms with Gasteiger partial charge < -0.3 is 9.72 Å². The summed E-state index contributed by atoms with van der Waals surface area (Å²) in [6, 6.07) is 5.59. The Hall–Kier alpha value is -2.81. The maximum Gasteiger partial charge on any atom is 0.433 e. The minimum Gasteiger partial charge on any atom is -0.443 e. The Balaban J connectivity index is 2.01. The molecular formula is C20H20ClF3N4O2. The predicted molar refractivity (Wildman–Crippen MR) is 107 cm³/mol. The van der Waals surface area contributed by atoms with Crippen molar-refractivity contribution in [2.75, 3.05) is 4.90 Å². The van der Waals surface area contributed by atoms with Crippen molar-refractivity contribution in [2.24, 2.45) is 0 Å². The van der Waals surface area contributed by atoms with Gasteiger partial charge in [-0.1, -0.05) is 11.6 Å². The lowest BCUT2D eigenvalue weighted by Gasteiger charge is -2.27. The summed E-state index contributed by atoms with van der Waals surface area (Å²) in [5.41, 5.74) is 0.152. The number of aromatic nitrogens is 3. The van der Waals surface area contributed by atoms with Gasteiger partial charge in [0.2, 0.25) is 0 Å². The highest BCUT2D eigenvalue weighted by Gasteiger charge is 2.34. The number of hydrogen-bond acceptors (Lipinski definition) is 4. The number of aromatic amines is 1. The standard InChI is InChI=1S/C20H20ClF3N4O2/c1-11-7-14-15(9-13(11)21)27-17(26-14)10-28(18(29)30-19(2,3)4)12-5-6-25-16(8-12)20(22,23)24/h5-9H,10H2,1-4H3,(H,26,27). The Labute approximate surface area is 176 Å². The number of fused-ring (bicyclic) bond motifs is 1. The number of halogens is 4. The van der Waals surface area contributed by atoms with E-state index in [1.54, 1.807) is 32.9 Å². The molecule has 2 heterocycles. The first-order valence-electron chi connectivity index (χ1n) is 9.02. The van der Waals surface area contributed by atoms with Gasteiger partial charge in [0, 0.05) is 11.2 Å². The number of pyridine rings is 1. The van der Waals surface area contributed by atoms with E-state index < -0.39 is 23.6 Å². The zero-order valence-electron chi connectivity index (χ0n) is 16.8. The average molecular weight is 441 g/mol. The highest BCUT2D eigenvalue weighted by Crippen LogP contribution is 2.31. The van der Waals surface area contributed by atoms with Crippen LogP contribution in [0.5, 0.6) is 0 Å². The molecule has 1 N–H and O–H groups in total. The fraction of sp³-hybridized carbons (Fsp3) is 0.350. The van der Waals surface area contributed by atoms with Gasteiger partial charge in [-0.2, -0.15) is 13.2 Å². The minimum atomic E-state index is -4.65. The molecule has 2 aromatic heterocycles. The quantitative estimate of drug-likeness (QED) is 0.552. The maximum absolute atomic E-state index is 13.1. The van der Waals surface area contributed by atoms with Gasteiger partial charge in [-0.3, -0.25) is 9.88 Å². The van der Waals surface area contributed by atoms with Gasteiger partial charge in [0.1, 0.15) is 17.1 Å². The molecule has 0 atom stereocenters. The summed E-state index contributed by atoms with van der Waals surface area (Å²) in [6.45, 7) is 6.71. The highest BCUT2D eigenvalue weighted by molar-refractivity contribution is 6.32. The van der Waals surface area contributed by atoms with Crippen molar-refractivity contribution in [2.45, 2.75) is 46.0 Å². The van der Waals surface area contributed by atoms with Crippen molar-refractivity contribution < 1.29 is 22.7 Å². The van der Waals surface area contributed by atoms with Crippen LogP contribution in [0.2, 0.25) is 5.02 Å². The minimum absolute atomic E-state index is 0.0127. The van der Waals surface area contributed by atoms with E-state index in [2.05, 4.69) is 15.0 Å². The fourth-order valence-electron chi connectivity index (χ4n) is 2.74. The maximum atomic E-state index is 13.1. The van der Waals surface area contributed by atoms with Crippen LogP contribution in [0.15, 0.2) is 30.5 Å². The van der Waals surface area contributed by atoms with E-state index in [4.69, 9.17) is 16.3 Å². The zero-order valence-corrected chi connectivity index (χ0v) is 17.5. The largest absolute Gasteiger partial charge is 0.443 e. The van der Waals surface area contributed by atoms with Gasteiger partial charge in [0.05, 0.1) is 23.3 Å². The van der Waals surface area contributed by atoms with Crippen LogP contribution in [0.1, 0.15) is 37.9 Å². The lowest BCUT2D eigenvalue weighted by molar-refractivity contribution is -0.141. The molecule has 0 aliphatic carbocycles. The Kier molecular flexibility index (Phi) is 5.68. The van der Waals surface area contributed by atoms with Gasteiger partial charge in [0.15, 0.2) is 0 Å². The Morgan fingerprint density at radius 2 is 1.93 bits per heavy atom. The molecule has 0 radical (unpaired) electrons. The molecule has 0 aliphatic rings. The molecule has 0 bridgehead atoms. The van der Waals surface area contributed by atoms with E-state index >= 15 is 0 Å². The number of carbonyl (C=O) groups is 1. The summed E-state index contributed by atoms with van der Waals surface area (Å²) in [7, 11) is 0. The van der Waals surface area contributed by atoms with E-state index in [-0.39, 0.29) is 12.2 Å². The number of alkyl halides is 3.